The van der Waals surface area contributed by atoms with Gasteiger partial charge in [0, 0.05) is 73.4 Å². The molecule has 18 nitrogen and oxygen atoms in total. The summed E-state index contributed by atoms with van der Waals surface area (Å²) in [7, 11) is 1.11. The number of hydrogen-bond acceptors (Lipinski definition) is 17. The van der Waals surface area contributed by atoms with E-state index in [4.69, 9.17) is 37.9 Å². The van der Waals surface area contributed by atoms with Crippen LogP contribution in [0, 0.1) is 0 Å². The fourth-order valence-corrected chi connectivity index (χ4v) is 6.18. The summed E-state index contributed by atoms with van der Waals surface area (Å²) in [6.45, 7) is 9.84. The first-order valence-electron chi connectivity index (χ1n) is 17.7. The van der Waals surface area contributed by atoms with Crippen molar-refractivity contribution in [3.63, 3.8) is 0 Å². The maximum Gasteiger partial charge on any atom is 0.353 e. The lowest BCUT2D eigenvalue weighted by Crippen LogP contribution is -2.73. The summed E-state index contributed by atoms with van der Waals surface area (Å²) in [6, 6.07) is -1.87. The van der Waals surface area contributed by atoms with Crippen LogP contribution in [0.3, 0.4) is 0 Å². The Labute approximate surface area is 304 Å². The van der Waals surface area contributed by atoms with E-state index in [9.17, 15) is 33.9 Å². The van der Waals surface area contributed by atoms with Crippen molar-refractivity contribution >= 4 is 35.8 Å². The number of rotatable bonds is 20. The molecule has 0 aromatic heterocycles. The Hall–Kier alpha value is -3.42. The summed E-state index contributed by atoms with van der Waals surface area (Å²) in [5.41, 5.74) is -2.15. The number of amides is 1. The molecule has 2 aliphatic heterocycles. The smallest absolute Gasteiger partial charge is 0.353 e. The molecule has 4 unspecified atom stereocenters. The number of nitrogens with one attached hydrogen (secondary N) is 3. The second-order valence-electron chi connectivity index (χ2n) is 12.8. The summed E-state index contributed by atoms with van der Waals surface area (Å²) < 4.78 is 45.9. The zero-order chi connectivity index (χ0) is 39.0. The van der Waals surface area contributed by atoms with Crippen LogP contribution in [0.5, 0.6) is 0 Å². The number of aliphatic hydroxyl groups excluding tert-OH is 1. The van der Waals surface area contributed by atoms with E-state index in [0.29, 0.717) is 13.2 Å². The van der Waals surface area contributed by atoms with E-state index in [1.54, 1.807) is 0 Å². The minimum absolute atomic E-state index is 0.0599. The third-order valence-electron chi connectivity index (χ3n) is 8.46. The zero-order valence-electron chi connectivity index (χ0n) is 31.4. The molecular formula is C34H57N3O15. The average molecular weight is 748 g/mol. The van der Waals surface area contributed by atoms with Crippen LogP contribution in [0.15, 0.2) is 0 Å². The SMILES string of the molecule is CCCCOC1[C@@H](CN[C@]2(C(=O)OC)C[C@@H](OC(C)=O)[C@@H](NC(C)=O)C(C(OC(C)=O)C(COC(C)=O)OC(C)=O)O2)NC[C@H](O)[C@H]1OCCCC. The average Bonchev–Trinajstić information content (AvgIpc) is 3.06. The molecule has 1 amide bonds. The fraction of sp³-hybridized carbons (Fsp3) is 0.824. The van der Waals surface area contributed by atoms with Gasteiger partial charge in [-0.2, -0.15) is 0 Å². The van der Waals surface area contributed by atoms with Gasteiger partial charge < -0.3 is 53.6 Å². The van der Waals surface area contributed by atoms with Gasteiger partial charge in [-0.25, -0.2) is 4.79 Å². The van der Waals surface area contributed by atoms with Gasteiger partial charge in [-0.15, -0.1) is 0 Å². The summed E-state index contributed by atoms with van der Waals surface area (Å²) in [6.07, 6.45) is -5.53. The Balaban J connectivity index is 2.68. The molecule has 0 aromatic rings. The molecule has 298 valence electrons. The molecule has 0 saturated carbocycles. The van der Waals surface area contributed by atoms with E-state index in [1.165, 1.54) is 6.92 Å². The predicted molar refractivity (Wildman–Crippen MR) is 180 cm³/mol. The molecule has 2 aliphatic rings. The number of carbonyl (C=O) groups excluding carboxylic acids is 6. The highest BCUT2D eigenvalue weighted by Gasteiger charge is 2.58. The molecule has 2 rings (SSSR count). The third-order valence-corrected chi connectivity index (χ3v) is 8.46. The molecule has 10 atom stereocenters. The molecule has 0 aliphatic carbocycles. The lowest BCUT2D eigenvalue weighted by molar-refractivity contribution is -0.249. The summed E-state index contributed by atoms with van der Waals surface area (Å²) >= 11 is 0. The van der Waals surface area contributed by atoms with Gasteiger partial charge in [0.1, 0.15) is 31.0 Å². The Morgan fingerprint density at radius 1 is 0.885 bits per heavy atom. The normalized spacial score (nSPS) is 28.4. The van der Waals surface area contributed by atoms with E-state index in [2.05, 4.69) is 16.0 Å². The number of unbranched alkanes of at least 4 members (excludes halogenated alkanes) is 2. The number of esters is 5. The molecule has 2 heterocycles. The molecule has 0 aromatic carbocycles. The highest BCUT2D eigenvalue weighted by Crippen LogP contribution is 2.35. The Morgan fingerprint density at radius 2 is 1.50 bits per heavy atom. The van der Waals surface area contributed by atoms with Crippen LogP contribution in [-0.4, -0.2) is 141 Å². The Kier molecular flexibility index (Phi) is 18.9. The van der Waals surface area contributed by atoms with Crippen LogP contribution in [0.2, 0.25) is 0 Å². The standard InChI is InChI=1S/C34H57N3O15/c1-9-11-13-46-29-24(35-17-25(43)30(29)47-14-12-10-2)16-36-34(33(44)45-8)15-26(49-21(5)40)28(37-19(3)38)32(52-34)31(51-23(7)42)27(50-22(6)41)18-48-20(4)39/h24-32,35-36,43H,9-18H2,1-8H3,(H,37,38)/t24-,25+,26-,27?,28-,29?,30-,31?,32?,34-/m1/s1. The number of aliphatic hydroxyl groups is 1. The minimum atomic E-state index is -2.15. The van der Waals surface area contributed by atoms with Gasteiger partial charge in [0.2, 0.25) is 11.6 Å². The van der Waals surface area contributed by atoms with Gasteiger partial charge in [0.05, 0.1) is 19.3 Å². The number of piperidine rings is 1. The topological polar surface area (TPSA) is 233 Å². The first-order valence-corrected chi connectivity index (χ1v) is 17.7. The molecule has 0 bridgehead atoms. The van der Waals surface area contributed by atoms with Crippen LogP contribution < -0.4 is 16.0 Å². The van der Waals surface area contributed by atoms with Crippen LogP contribution in [0.1, 0.15) is 80.6 Å². The number of carbonyl (C=O) groups is 6. The third kappa shape index (κ3) is 13.5. The zero-order valence-corrected chi connectivity index (χ0v) is 31.4. The number of methoxy groups -OCH3 is 1. The molecule has 18 heteroatoms. The number of β-amino-alcohol motifs (C(OH)–C–C–N with tert-alkyl or cyclic N) is 1. The number of ether oxygens (including phenoxy) is 8. The van der Waals surface area contributed by atoms with Gasteiger partial charge in [-0.05, 0) is 12.8 Å². The summed E-state index contributed by atoms with van der Waals surface area (Å²) in [5, 5.41) is 19.9. The van der Waals surface area contributed by atoms with Crippen LogP contribution >= 0.6 is 0 Å². The summed E-state index contributed by atoms with van der Waals surface area (Å²) in [4.78, 5) is 75.4. The van der Waals surface area contributed by atoms with Crippen molar-refractivity contribution < 1.29 is 71.8 Å². The van der Waals surface area contributed by atoms with Crippen LogP contribution in [0.25, 0.3) is 0 Å². The van der Waals surface area contributed by atoms with Crippen molar-refractivity contribution in [2.45, 2.75) is 141 Å². The molecular weight excluding hydrogens is 690 g/mol. The quantitative estimate of drug-likeness (QED) is 0.0717. The van der Waals surface area contributed by atoms with E-state index >= 15 is 0 Å². The first kappa shape index (κ1) is 44.7. The van der Waals surface area contributed by atoms with Gasteiger partial charge in [0.15, 0.2) is 12.2 Å². The van der Waals surface area contributed by atoms with Crippen molar-refractivity contribution in [2.24, 2.45) is 0 Å². The van der Waals surface area contributed by atoms with Crippen molar-refractivity contribution in [1.82, 2.24) is 16.0 Å². The Morgan fingerprint density at radius 3 is 2.02 bits per heavy atom. The molecule has 0 radical (unpaired) electrons. The van der Waals surface area contributed by atoms with Gasteiger partial charge >= 0.3 is 29.8 Å². The monoisotopic (exact) mass is 747 g/mol. The molecule has 4 N–H and O–H groups in total. The van der Waals surface area contributed by atoms with Crippen molar-refractivity contribution in [3.8, 4) is 0 Å². The van der Waals surface area contributed by atoms with Crippen LogP contribution in [-0.2, 0) is 66.7 Å². The van der Waals surface area contributed by atoms with Gasteiger partial charge in [-0.1, -0.05) is 26.7 Å². The van der Waals surface area contributed by atoms with E-state index < -0.39 is 109 Å². The van der Waals surface area contributed by atoms with Crippen molar-refractivity contribution in [1.29, 1.82) is 0 Å². The lowest BCUT2D eigenvalue weighted by Gasteiger charge is -2.50. The highest BCUT2D eigenvalue weighted by molar-refractivity contribution is 5.80. The predicted octanol–water partition coefficient (Wildman–Crippen LogP) is -0.200. The molecule has 0 spiro atoms. The molecule has 52 heavy (non-hydrogen) atoms. The maximum atomic E-state index is 13.8. The molecule has 2 fully saturated rings. The summed E-state index contributed by atoms with van der Waals surface area (Å²) in [5.74, 6) is -4.83. The maximum absolute atomic E-state index is 13.8. The lowest BCUT2D eigenvalue weighted by atomic mass is 9.86. The van der Waals surface area contributed by atoms with E-state index in [0.717, 1.165) is 60.5 Å². The highest BCUT2D eigenvalue weighted by atomic mass is 16.6. The van der Waals surface area contributed by atoms with Crippen molar-refractivity contribution in [3.05, 3.63) is 0 Å². The number of hydrogen-bond donors (Lipinski definition) is 4. The van der Waals surface area contributed by atoms with Gasteiger partial charge in [-0.3, -0.25) is 29.3 Å². The Bertz CT molecular complexity index is 1200. The second kappa shape index (κ2) is 21.9. The minimum Gasteiger partial charge on any atom is -0.466 e. The van der Waals surface area contributed by atoms with Crippen molar-refractivity contribution in [2.75, 3.05) is 40.0 Å². The second-order valence-corrected chi connectivity index (χ2v) is 12.8. The largest absolute Gasteiger partial charge is 0.466 e. The van der Waals surface area contributed by atoms with Crippen LogP contribution in [0.4, 0.5) is 0 Å². The molecule has 2 saturated heterocycles. The first-order chi connectivity index (χ1) is 24.6. The fourth-order valence-electron chi connectivity index (χ4n) is 6.18. The van der Waals surface area contributed by atoms with E-state index in [-0.39, 0.29) is 13.1 Å². The van der Waals surface area contributed by atoms with Gasteiger partial charge in [0.25, 0.3) is 0 Å². The van der Waals surface area contributed by atoms with E-state index in [1.807, 2.05) is 13.8 Å².